The molecule has 3 N–H and O–H groups in total. The van der Waals surface area contributed by atoms with E-state index >= 15 is 0 Å². The van der Waals surface area contributed by atoms with Gasteiger partial charge in [0.15, 0.2) is 5.96 Å². The Morgan fingerprint density at radius 1 is 1.36 bits per heavy atom. The number of benzene rings is 1. The molecule has 25 heavy (non-hydrogen) atoms. The van der Waals surface area contributed by atoms with Crippen LogP contribution in [0.4, 0.5) is 10.1 Å². The number of aliphatic imine (C=N–C) groups is 1. The first-order chi connectivity index (χ1) is 12.1. The lowest BCUT2D eigenvalue weighted by Gasteiger charge is -2.12. The summed E-state index contributed by atoms with van der Waals surface area (Å²) in [5.74, 6) is 0.726. The minimum Gasteiger partial charge on any atom is -0.355 e. The Hall–Kier alpha value is -2.97. The number of carbonyl (C=O) groups excluding carboxylic acids is 1. The highest BCUT2D eigenvalue weighted by molar-refractivity contribution is 5.94. The highest BCUT2D eigenvalue weighted by Gasteiger charge is 2.06. The fraction of sp³-hybridized carbons (Fsp3) is 0.375. The summed E-state index contributed by atoms with van der Waals surface area (Å²) in [7, 11) is 1.62. The molecule has 2 aromatic rings. The molecule has 1 aromatic heterocycles. The summed E-state index contributed by atoms with van der Waals surface area (Å²) < 4.78 is 15.0. The fourth-order valence-electron chi connectivity index (χ4n) is 2.19. The molecule has 0 saturated carbocycles. The summed E-state index contributed by atoms with van der Waals surface area (Å²) >= 11 is 0. The normalized spacial score (nSPS) is 11.2. The second-order valence-electron chi connectivity index (χ2n) is 5.21. The van der Waals surface area contributed by atoms with Gasteiger partial charge in [-0.25, -0.2) is 4.39 Å². The monoisotopic (exact) mass is 347 g/mol. The van der Waals surface area contributed by atoms with Gasteiger partial charge in [0.05, 0.1) is 6.54 Å². The van der Waals surface area contributed by atoms with Gasteiger partial charge in [-0.1, -0.05) is 13.0 Å². The number of hydrogen-bond acceptors (Lipinski definition) is 4. The average Bonchev–Trinajstić information content (AvgIpc) is 3.05. The number of anilines is 1. The van der Waals surface area contributed by atoms with Crippen molar-refractivity contribution in [1.82, 2.24) is 25.4 Å². The lowest BCUT2D eigenvalue weighted by molar-refractivity contribution is -0.115. The first-order valence-electron chi connectivity index (χ1n) is 7.99. The van der Waals surface area contributed by atoms with Gasteiger partial charge < -0.3 is 20.5 Å². The van der Waals surface area contributed by atoms with E-state index in [1.807, 2.05) is 11.5 Å². The molecule has 8 nitrogen and oxygen atoms in total. The Kier molecular flexibility index (Phi) is 6.87. The van der Waals surface area contributed by atoms with Crippen molar-refractivity contribution in [2.24, 2.45) is 4.99 Å². The SMILES string of the molecule is CCc1nncn1CCNC(=NC)NCC(=O)Nc1cccc(F)c1. The van der Waals surface area contributed by atoms with Crippen LogP contribution in [0, 0.1) is 5.82 Å². The lowest BCUT2D eigenvalue weighted by atomic mass is 10.3. The first kappa shape index (κ1) is 18.4. The maximum Gasteiger partial charge on any atom is 0.243 e. The van der Waals surface area contributed by atoms with E-state index < -0.39 is 5.82 Å². The molecule has 0 aliphatic carbocycles. The van der Waals surface area contributed by atoms with Crippen LogP contribution in [-0.2, 0) is 17.8 Å². The predicted molar refractivity (Wildman–Crippen MR) is 93.8 cm³/mol. The molecule has 1 heterocycles. The third kappa shape index (κ3) is 5.87. The minimum absolute atomic E-state index is 0.0169. The number of nitrogens with one attached hydrogen (secondary N) is 3. The minimum atomic E-state index is -0.399. The van der Waals surface area contributed by atoms with Gasteiger partial charge in [0.25, 0.3) is 0 Å². The number of amides is 1. The standard InChI is InChI=1S/C16H22FN7O/c1-3-14-23-21-11-24(14)8-7-19-16(18-2)20-10-15(25)22-13-6-4-5-12(17)9-13/h4-6,9,11H,3,7-8,10H2,1-2H3,(H,22,25)(H2,18,19,20). The molecule has 0 spiro atoms. The summed E-state index contributed by atoms with van der Waals surface area (Å²) in [4.78, 5) is 15.9. The lowest BCUT2D eigenvalue weighted by Crippen LogP contribution is -2.42. The van der Waals surface area contributed by atoms with Gasteiger partial charge in [0, 0.05) is 32.2 Å². The molecule has 0 aliphatic rings. The summed E-state index contributed by atoms with van der Waals surface area (Å²) in [6.07, 6.45) is 2.50. The van der Waals surface area contributed by atoms with Gasteiger partial charge in [-0.05, 0) is 18.2 Å². The Morgan fingerprint density at radius 2 is 2.20 bits per heavy atom. The second-order valence-corrected chi connectivity index (χ2v) is 5.21. The third-order valence-electron chi connectivity index (χ3n) is 3.41. The summed E-state index contributed by atoms with van der Waals surface area (Å²) in [6.45, 7) is 3.33. The van der Waals surface area contributed by atoms with Crippen LogP contribution in [0.5, 0.6) is 0 Å². The van der Waals surface area contributed by atoms with E-state index in [0.717, 1.165) is 12.2 Å². The largest absolute Gasteiger partial charge is 0.355 e. The van der Waals surface area contributed by atoms with E-state index in [4.69, 9.17) is 0 Å². The molecule has 0 bridgehead atoms. The van der Waals surface area contributed by atoms with Gasteiger partial charge in [-0.3, -0.25) is 9.79 Å². The van der Waals surface area contributed by atoms with Crippen LogP contribution in [-0.4, -0.2) is 46.8 Å². The number of carbonyl (C=O) groups is 1. The molecule has 0 unspecified atom stereocenters. The molecular formula is C16H22FN7O. The molecule has 134 valence electrons. The van der Waals surface area contributed by atoms with E-state index in [9.17, 15) is 9.18 Å². The molecule has 0 fully saturated rings. The van der Waals surface area contributed by atoms with E-state index in [1.54, 1.807) is 19.4 Å². The van der Waals surface area contributed by atoms with Gasteiger partial charge in [-0.2, -0.15) is 0 Å². The van der Waals surface area contributed by atoms with Crippen LogP contribution in [0.3, 0.4) is 0 Å². The molecule has 0 aliphatic heterocycles. The van der Waals surface area contributed by atoms with Crippen molar-refractivity contribution in [3.05, 3.63) is 42.2 Å². The van der Waals surface area contributed by atoms with Crippen molar-refractivity contribution >= 4 is 17.6 Å². The van der Waals surface area contributed by atoms with Crippen LogP contribution in [0.2, 0.25) is 0 Å². The summed E-state index contributed by atoms with van der Waals surface area (Å²) in [5.41, 5.74) is 0.412. The van der Waals surface area contributed by atoms with Crippen LogP contribution in [0.15, 0.2) is 35.6 Å². The van der Waals surface area contributed by atoms with Gasteiger partial charge in [-0.15, -0.1) is 10.2 Å². The number of rotatable bonds is 7. The van der Waals surface area contributed by atoms with Crippen molar-refractivity contribution in [3.63, 3.8) is 0 Å². The quantitative estimate of drug-likeness (QED) is 0.508. The maximum absolute atomic E-state index is 13.1. The van der Waals surface area contributed by atoms with Crippen molar-refractivity contribution in [3.8, 4) is 0 Å². The first-order valence-corrected chi connectivity index (χ1v) is 7.99. The van der Waals surface area contributed by atoms with Crippen LogP contribution in [0.25, 0.3) is 0 Å². The number of aryl methyl sites for hydroxylation is 1. The van der Waals surface area contributed by atoms with Crippen LogP contribution < -0.4 is 16.0 Å². The zero-order valence-corrected chi connectivity index (χ0v) is 14.3. The second kappa shape index (κ2) is 9.36. The zero-order chi connectivity index (χ0) is 18.1. The van der Waals surface area contributed by atoms with Gasteiger partial charge in [0.1, 0.15) is 18.0 Å². The number of hydrogen-bond donors (Lipinski definition) is 3. The van der Waals surface area contributed by atoms with Crippen molar-refractivity contribution in [2.45, 2.75) is 19.9 Å². The molecule has 0 saturated heterocycles. The summed E-state index contributed by atoms with van der Waals surface area (Å²) in [5, 5.41) is 16.5. The van der Waals surface area contributed by atoms with E-state index in [-0.39, 0.29) is 12.5 Å². The smallest absolute Gasteiger partial charge is 0.243 e. The molecule has 9 heteroatoms. The fourth-order valence-corrected chi connectivity index (χ4v) is 2.19. The van der Waals surface area contributed by atoms with E-state index in [0.29, 0.717) is 24.7 Å². The van der Waals surface area contributed by atoms with Crippen molar-refractivity contribution < 1.29 is 9.18 Å². The molecular weight excluding hydrogens is 325 g/mol. The van der Waals surface area contributed by atoms with Crippen molar-refractivity contribution in [1.29, 1.82) is 0 Å². The van der Waals surface area contributed by atoms with Crippen LogP contribution in [0.1, 0.15) is 12.7 Å². The highest BCUT2D eigenvalue weighted by Crippen LogP contribution is 2.08. The van der Waals surface area contributed by atoms with Gasteiger partial charge in [0.2, 0.25) is 5.91 Å². The molecule has 0 atom stereocenters. The van der Waals surface area contributed by atoms with E-state index in [1.165, 1.54) is 18.2 Å². The van der Waals surface area contributed by atoms with Gasteiger partial charge >= 0.3 is 0 Å². The van der Waals surface area contributed by atoms with Crippen LogP contribution >= 0.6 is 0 Å². The Labute approximate surface area is 145 Å². The predicted octanol–water partition coefficient (Wildman–Crippen LogP) is 0.783. The average molecular weight is 347 g/mol. The number of guanidine groups is 1. The summed E-state index contributed by atoms with van der Waals surface area (Å²) in [6, 6.07) is 5.74. The Balaban J connectivity index is 1.73. The van der Waals surface area contributed by atoms with E-state index in [2.05, 4.69) is 31.1 Å². The van der Waals surface area contributed by atoms with Crippen molar-refractivity contribution in [2.75, 3.05) is 25.5 Å². The highest BCUT2D eigenvalue weighted by atomic mass is 19.1. The maximum atomic E-state index is 13.1. The Bertz CT molecular complexity index is 729. The topological polar surface area (TPSA) is 96.2 Å². The molecule has 0 radical (unpaired) electrons. The number of nitrogens with zero attached hydrogens (tertiary/aromatic N) is 4. The molecule has 2 rings (SSSR count). The zero-order valence-electron chi connectivity index (χ0n) is 14.3. The molecule has 1 amide bonds. The number of aromatic nitrogens is 3. The Morgan fingerprint density at radius 3 is 2.92 bits per heavy atom. The molecule has 1 aromatic carbocycles. The number of halogens is 1. The third-order valence-corrected chi connectivity index (χ3v) is 3.41.